The van der Waals surface area contributed by atoms with Gasteiger partial charge in [0.15, 0.2) is 0 Å². The number of sulfonamides is 1. The van der Waals surface area contributed by atoms with E-state index in [1.54, 1.807) is 11.4 Å². The standard InChI is InChI=1S/C12H15ClN2O2S3/c1-14-7-10-6-11(8-18-10)20(16,17)15-5-4-9-2-3-12(13)19-9/h2-3,6,8,14-15H,4-5,7H2,1H3. The normalized spacial score (nSPS) is 11.9. The molecule has 2 aromatic rings. The molecular formula is C12H15ClN2O2S3. The van der Waals surface area contributed by atoms with Crippen molar-refractivity contribution in [2.75, 3.05) is 13.6 Å². The molecular weight excluding hydrogens is 336 g/mol. The van der Waals surface area contributed by atoms with E-state index >= 15 is 0 Å². The van der Waals surface area contributed by atoms with Gasteiger partial charge in [-0.3, -0.25) is 0 Å². The highest BCUT2D eigenvalue weighted by atomic mass is 35.5. The van der Waals surface area contributed by atoms with Gasteiger partial charge in [-0.05, 0) is 31.7 Å². The average Bonchev–Trinajstić information content (AvgIpc) is 2.99. The summed E-state index contributed by atoms with van der Waals surface area (Å²) in [5, 5.41) is 4.66. The van der Waals surface area contributed by atoms with Crippen LogP contribution >= 0.6 is 34.3 Å². The van der Waals surface area contributed by atoms with Gasteiger partial charge in [0, 0.05) is 28.2 Å². The summed E-state index contributed by atoms with van der Waals surface area (Å²) in [6.07, 6.45) is 0.643. The molecule has 0 aliphatic rings. The predicted octanol–water partition coefficient (Wildman–Crippen LogP) is 2.70. The second kappa shape index (κ2) is 7.02. The lowest BCUT2D eigenvalue weighted by Crippen LogP contribution is -2.25. The Morgan fingerprint density at radius 3 is 2.75 bits per heavy atom. The molecule has 0 unspecified atom stereocenters. The van der Waals surface area contributed by atoms with E-state index < -0.39 is 10.0 Å². The summed E-state index contributed by atoms with van der Waals surface area (Å²) in [5.41, 5.74) is 0. The first-order valence-electron chi connectivity index (χ1n) is 5.97. The van der Waals surface area contributed by atoms with Gasteiger partial charge in [0.2, 0.25) is 10.0 Å². The van der Waals surface area contributed by atoms with Gasteiger partial charge in [0.25, 0.3) is 0 Å². The van der Waals surface area contributed by atoms with Crippen molar-refractivity contribution in [1.82, 2.24) is 10.0 Å². The summed E-state index contributed by atoms with van der Waals surface area (Å²) in [7, 11) is -1.59. The van der Waals surface area contributed by atoms with Gasteiger partial charge >= 0.3 is 0 Å². The molecule has 0 saturated heterocycles. The zero-order valence-electron chi connectivity index (χ0n) is 10.8. The van der Waals surface area contributed by atoms with Crippen LogP contribution in [0, 0.1) is 0 Å². The lowest BCUT2D eigenvalue weighted by molar-refractivity contribution is 0.582. The molecule has 2 aromatic heterocycles. The van der Waals surface area contributed by atoms with E-state index in [1.165, 1.54) is 22.7 Å². The first kappa shape index (κ1) is 15.9. The van der Waals surface area contributed by atoms with E-state index in [4.69, 9.17) is 11.6 Å². The summed E-state index contributed by atoms with van der Waals surface area (Å²) >= 11 is 8.74. The Morgan fingerprint density at radius 2 is 2.10 bits per heavy atom. The van der Waals surface area contributed by atoms with Crippen LogP contribution in [0.4, 0.5) is 0 Å². The Labute approximate surface area is 131 Å². The lowest BCUT2D eigenvalue weighted by atomic mass is 10.3. The fraction of sp³-hybridized carbons (Fsp3) is 0.333. The second-order valence-corrected chi connectivity index (χ2v) is 8.70. The molecule has 4 nitrogen and oxygen atoms in total. The molecule has 2 N–H and O–H groups in total. The van der Waals surface area contributed by atoms with Gasteiger partial charge < -0.3 is 5.32 Å². The average molecular weight is 351 g/mol. The Bertz CT molecular complexity index is 664. The Kier molecular flexibility index (Phi) is 5.59. The Hall–Kier alpha value is -0.440. The van der Waals surface area contributed by atoms with Crippen molar-refractivity contribution in [2.24, 2.45) is 0 Å². The van der Waals surface area contributed by atoms with Crippen LogP contribution < -0.4 is 10.0 Å². The summed E-state index contributed by atoms with van der Waals surface area (Å²) in [6.45, 7) is 1.05. The van der Waals surface area contributed by atoms with E-state index in [-0.39, 0.29) is 0 Å². The van der Waals surface area contributed by atoms with Crippen LogP contribution in [0.25, 0.3) is 0 Å². The number of nitrogens with one attached hydrogen (secondary N) is 2. The summed E-state index contributed by atoms with van der Waals surface area (Å²) in [5.74, 6) is 0. The molecule has 0 spiro atoms. The molecule has 0 radical (unpaired) electrons. The summed E-state index contributed by atoms with van der Waals surface area (Å²) in [4.78, 5) is 2.40. The third-order valence-electron chi connectivity index (χ3n) is 2.58. The maximum Gasteiger partial charge on any atom is 0.241 e. The largest absolute Gasteiger partial charge is 0.315 e. The smallest absolute Gasteiger partial charge is 0.241 e. The Morgan fingerprint density at radius 1 is 1.30 bits per heavy atom. The third kappa shape index (κ3) is 4.28. The molecule has 0 amide bonds. The zero-order chi connectivity index (χ0) is 14.6. The van der Waals surface area contributed by atoms with Crippen molar-refractivity contribution in [1.29, 1.82) is 0 Å². The van der Waals surface area contributed by atoms with Gasteiger partial charge in [-0.15, -0.1) is 22.7 Å². The van der Waals surface area contributed by atoms with Crippen molar-refractivity contribution in [2.45, 2.75) is 17.9 Å². The third-order valence-corrected chi connectivity index (χ3v) is 6.40. The minimum Gasteiger partial charge on any atom is -0.315 e. The van der Waals surface area contributed by atoms with Gasteiger partial charge in [0.05, 0.1) is 9.23 Å². The SMILES string of the molecule is CNCc1cc(S(=O)(=O)NCCc2ccc(Cl)s2)cs1. The number of rotatable bonds is 7. The fourth-order valence-electron chi connectivity index (χ4n) is 1.65. The molecule has 2 rings (SSSR count). The highest BCUT2D eigenvalue weighted by Crippen LogP contribution is 2.22. The van der Waals surface area contributed by atoms with Crippen LogP contribution in [0.1, 0.15) is 9.75 Å². The van der Waals surface area contributed by atoms with Crippen molar-refractivity contribution in [3.8, 4) is 0 Å². The van der Waals surface area contributed by atoms with Gasteiger partial charge in [-0.25, -0.2) is 13.1 Å². The van der Waals surface area contributed by atoms with Gasteiger partial charge in [-0.2, -0.15) is 0 Å². The fourth-order valence-corrected chi connectivity index (χ4v) is 5.05. The van der Waals surface area contributed by atoms with Crippen molar-refractivity contribution < 1.29 is 8.42 Å². The molecule has 0 saturated carbocycles. The molecule has 20 heavy (non-hydrogen) atoms. The lowest BCUT2D eigenvalue weighted by Gasteiger charge is -2.03. The zero-order valence-corrected chi connectivity index (χ0v) is 14.1. The van der Waals surface area contributed by atoms with Crippen LogP contribution in [0.2, 0.25) is 4.34 Å². The van der Waals surface area contributed by atoms with Crippen LogP contribution in [0.15, 0.2) is 28.5 Å². The van der Waals surface area contributed by atoms with Crippen LogP contribution in [-0.2, 0) is 23.0 Å². The molecule has 0 bridgehead atoms. The van der Waals surface area contributed by atoms with Crippen LogP contribution in [0.5, 0.6) is 0 Å². The molecule has 0 aliphatic carbocycles. The van der Waals surface area contributed by atoms with Gasteiger partial charge in [0.1, 0.15) is 0 Å². The molecule has 0 fully saturated rings. The summed E-state index contributed by atoms with van der Waals surface area (Å²) in [6, 6.07) is 5.43. The molecule has 0 aliphatic heterocycles. The van der Waals surface area contributed by atoms with E-state index in [1.807, 2.05) is 19.2 Å². The summed E-state index contributed by atoms with van der Waals surface area (Å²) < 4.78 is 27.5. The number of thiophene rings is 2. The molecule has 110 valence electrons. The topological polar surface area (TPSA) is 58.2 Å². The molecule has 0 atom stereocenters. The maximum atomic E-state index is 12.1. The predicted molar refractivity (Wildman–Crippen MR) is 85.3 cm³/mol. The van der Waals surface area contributed by atoms with E-state index in [2.05, 4.69) is 10.0 Å². The molecule has 2 heterocycles. The highest BCUT2D eigenvalue weighted by Gasteiger charge is 2.15. The van der Waals surface area contributed by atoms with Crippen molar-refractivity contribution in [3.63, 3.8) is 0 Å². The minimum absolute atomic E-state index is 0.331. The van der Waals surface area contributed by atoms with E-state index in [0.29, 0.717) is 24.4 Å². The monoisotopic (exact) mass is 350 g/mol. The number of hydrogen-bond acceptors (Lipinski definition) is 5. The second-order valence-electron chi connectivity index (χ2n) is 4.13. The highest BCUT2D eigenvalue weighted by molar-refractivity contribution is 7.89. The van der Waals surface area contributed by atoms with Crippen molar-refractivity contribution >= 4 is 44.3 Å². The Balaban J connectivity index is 1.92. The van der Waals surface area contributed by atoms with Crippen molar-refractivity contribution in [3.05, 3.63) is 37.7 Å². The molecule has 0 aromatic carbocycles. The number of hydrogen-bond donors (Lipinski definition) is 2. The van der Waals surface area contributed by atoms with Crippen LogP contribution in [-0.4, -0.2) is 22.0 Å². The van der Waals surface area contributed by atoms with Crippen LogP contribution in [0.3, 0.4) is 0 Å². The van der Waals surface area contributed by atoms with Gasteiger partial charge in [-0.1, -0.05) is 11.6 Å². The maximum absolute atomic E-state index is 12.1. The van der Waals surface area contributed by atoms with E-state index in [0.717, 1.165) is 14.1 Å². The first-order chi connectivity index (χ1) is 9.51. The number of halogens is 1. The van der Waals surface area contributed by atoms with E-state index in [9.17, 15) is 8.42 Å². The first-order valence-corrected chi connectivity index (χ1v) is 9.53. The quantitative estimate of drug-likeness (QED) is 0.807. The minimum atomic E-state index is -3.42. The molecule has 8 heteroatoms.